The predicted molar refractivity (Wildman–Crippen MR) is 74.7 cm³/mol. The van der Waals surface area contributed by atoms with Gasteiger partial charge in [-0.2, -0.15) is 0 Å². The van der Waals surface area contributed by atoms with Gasteiger partial charge in [-0.25, -0.2) is 4.68 Å². The van der Waals surface area contributed by atoms with Crippen LogP contribution in [0.5, 0.6) is 0 Å². The quantitative estimate of drug-likeness (QED) is 0.826. The van der Waals surface area contributed by atoms with Crippen molar-refractivity contribution in [2.45, 2.75) is 25.0 Å². The maximum absolute atomic E-state index is 12.1. The number of ether oxygens (including phenoxy) is 1. The van der Waals surface area contributed by atoms with Crippen LogP contribution in [0.4, 0.5) is 5.69 Å². The first-order valence-electron chi connectivity index (χ1n) is 6.76. The molecule has 1 amide bonds. The third kappa shape index (κ3) is 3.06. The van der Waals surface area contributed by atoms with Crippen molar-refractivity contribution in [3.8, 4) is 5.69 Å². The second kappa shape index (κ2) is 5.98. The highest BCUT2D eigenvalue weighted by molar-refractivity contribution is 5.94. The van der Waals surface area contributed by atoms with Gasteiger partial charge in [0.25, 0.3) is 5.91 Å². The molecule has 1 aliphatic rings. The number of hydrogen-bond acceptors (Lipinski definition) is 6. The molecule has 2 heterocycles. The van der Waals surface area contributed by atoms with Crippen molar-refractivity contribution in [1.29, 1.82) is 0 Å². The highest BCUT2D eigenvalue weighted by Gasteiger charge is 2.29. The summed E-state index contributed by atoms with van der Waals surface area (Å²) in [5.41, 5.74) is 7.06. The van der Waals surface area contributed by atoms with E-state index < -0.39 is 6.10 Å². The van der Waals surface area contributed by atoms with E-state index in [-0.39, 0.29) is 12.0 Å². The minimum Gasteiger partial charge on any atom is -0.364 e. The fourth-order valence-electron chi connectivity index (χ4n) is 2.27. The first kappa shape index (κ1) is 13.7. The lowest BCUT2D eigenvalue weighted by Crippen LogP contribution is -2.29. The Kier molecular flexibility index (Phi) is 3.89. The average molecular weight is 288 g/mol. The van der Waals surface area contributed by atoms with Crippen LogP contribution >= 0.6 is 0 Å². The molecule has 3 rings (SSSR count). The largest absolute Gasteiger partial charge is 0.364 e. The van der Waals surface area contributed by atoms with Crippen molar-refractivity contribution in [2.75, 3.05) is 11.9 Å². The molecule has 2 atom stereocenters. The summed E-state index contributed by atoms with van der Waals surface area (Å²) in [6.07, 6.45) is 2.61. The van der Waals surface area contributed by atoms with Crippen molar-refractivity contribution in [3.05, 3.63) is 30.6 Å². The Labute approximate surface area is 121 Å². The molecular weight excluding hydrogens is 272 g/mol. The van der Waals surface area contributed by atoms with Gasteiger partial charge in [-0.1, -0.05) is 0 Å². The standard InChI is InChI=1S/C13H16N6O2/c14-7-11-5-6-12(21-11)13(20)16-9-1-3-10(4-2-9)19-8-15-17-18-19/h1-4,8,11-12H,5-7,14H2,(H,16,20). The Bertz CT molecular complexity index is 598. The SMILES string of the molecule is NCC1CCC(C(=O)Nc2ccc(-n3cnnn3)cc2)O1. The number of tetrazole rings is 1. The minimum atomic E-state index is -0.419. The van der Waals surface area contributed by atoms with Gasteiger partial charge in [0, 0.05) is 12.2 Å². The van der Waals surface area contributed by atoms with E-state index in [2.05, 4.69) is 20.8 Å². The zero-order chi connectivity index (χ0) is 14.7. The molecule has 0 saturated carbocycles. The number of carbonyl (C=O) groups excluding carboxylic acids is 1. The number of rotatable bonds is 4. The van der Waals surface area contributed by atoms with Gasteiger partial charge in [0.2, 0.25) is 0 Å². The Morgan fingerprint density at radius 3 is 2.81 bits per heavy atom. The number of nitrogens with zero attached hydrogens (tertiary/aromatic N) is 4. The smallest absolute Gasteiger partial charge is 0.253 e. The minimum absolute atomic E-state index is 0.0112. The fourth-order valence-corrected chi connectivity index (χ4v) is 2.27. The highest BCUT2D eigenvalue weighted by atomic mass is 16.5. The van der Waals surface area contributed by atoms with Crippen LogP contribution in [0.15, 0.2) is 30.6 Å². The summed E-state index contributed by atoms with van der Waals surface area (Å²) in [6.45, 7) is 0.449. The summed E-state index contributed by atoms with van der Waals surface area (Å²) in [5.74, 6) is -0.138. The van der Waals surface area contributed by atoms with Gasteiger partial charge in [-0.3, -0.25) is 4.79 Å². The van der Waals surface area contributed by atoms with Crippen molar-refractivity contribution in [1.82, 2.24) is 20.2 Å². The van der Waals surface area contributed by atoms with Crippen LogP contribution in [0.25, 0.3) is 5.69 Å². The summed E-state index contributed by atoms with van der Waals surface area (Å²) in [5, 5.41) is 13.8. The molecule has 1 aliphatic heterocycles. The van der Waals surface area contributed by atoms with Crippen LogP contribution in [0, 0.1) is 0 Å². The van der Waals surface area contributed by atoms with E-state index >= 15 is 0 Å². The number of carbonyl (C=O) groups is 1. The number of nitrogens with one attached hydrogen (secondary N) is 1. The predicted octanol–water partition coefficient (Wildman–Crippen LogP) is 0.107. The van der Waals surface area contributed by atoms with Gasteiger partial charge in [0.05, 0.1) is 11.8 Å². The molecular formula is C13H16N6O2. The van der Waals surface area contributed by atoms with Crippen LogP contribution in [0.2, 0.25) is 0 Å². The Hall–Kier alpha value is -2.32. The number of benzene rings is 1. The van der Waals surface area contributed by atoms with Gasteiger partial charge in [0.1, 0.15) is 12.4 Å². The van der Waals surface area contributed by atoms with Crippen LogP contribution < -0.4 is 11.1 Å². The Balaban J connectivity index is 1.62. The number of amides is 1. The lowest BCUT2D eigenvalue weighted by atomic mass is 10.2. The second-order valence-corrected chi connectivity index (χ2v) is 4.85. The fraction of sp³-hybridized carbons (Fsp3) is 0.385. The van der Waals surface area contributed by atoms with E-state index in [0.717, 1.165) is 12.1 Å². The first-order valence-corrected chi connectivity index (χ1v) is 6.76. The van der Waals surface area contributed by atoms with Crippen molar-refractivity contribution in [2.24, 2.45) is 5.73 Å². The van der Waals surface area contributed by atoms with Crippen LogP contribution in [0.3, 0.4) is 0 Å². The highest BCUT2D eigenvalue weighted by Crippen LogP contribution is 2.20. The molecule has 1 fully saturated rings. The molecule has 0 radical (unpaired) electrons. The van der Waals surface area contributed by atoms with Gasteiger partial charge in [0.15, 0.2) is 0 Å². The van der Waals surface area contributed by atoms with Crippen molar-refractivity contribution in [3.63, 3.8) is 0 Å². The topological polar surface area (TPSA) is 108 Å². The number of nitrogens with two attached hydrogens (primary N) is 1. The van der Waals surface area contributed by atoms with Crippen LogP contribution in [-0.2, 0) is 9.53 Å². The summed E-state index contributed by atoms with van der Waals surface area (Å²) in [4.78, 5) is 12.1. The molecule has 8 nitrogen and oxygen atoms in total. The lowest BCUT2D eigenvalue weighted by molar-refractivity contribution is -0.126. The van der Waals surface area contributed by atoms with Crippen LogP contribution in [0.1, 0.15) is 12.8 Å². The molecule has 0 bridgehead atoms. The normalized spacial score (nSPS) is 21.4. The molecule has 21 heavy (non-hydrogen) atoms. The first-order chi connectivity index (χ1) is 10.3. The monoisotopic (exact) mass is 288 g/mol. The van der Waals surface area contributed by atoms with E-state index in [4.69, 9.17) is 10.5 Å². The third-order valence-corrected chi connectivity index (χ3v) is 3.41. The lowest BCUT2D eigenvalue weighted by Gasteiger charge is -2.12. The number of aromatic nitrogens is 4. The molecule has 0 spiro atoms. The summed E-state index contributed by atoms with van der Waals surface area (Å²) >= 11 is 0. The van der Waals surface area contributed by atoms with Crippen molar-refractivity contribution < 1.29 is 9.53 Å². The Morgan fingerprint density at radius 1 is 1.38 bits per heavy atom. The molecule has 2 unspecified atom stereocenters. The van der Waals surface area contributed by atoms with Crippen LogP contribution in [-0.4, -0.2) is 44.9 Å². The molecule has 1 aromatic heterocycles. The summed E-state index contributed by atoms with van der Waals surface area (Å²) < 4.78 is 7.10. The average Bonchev–Trinajstić information content (AvgIpc) is 3.19. The van der Waals surface area contributed by atoms with Gasteiger partial charge in [-0.15, -0.1) is 5.10 Å². The molecule has 3 N–H and O–H groups in total. The maximum Gasteiger partial charge on any atom is 0.253 e. The molecule has 1 saturated heterocycles. The van der Waals surface area contributed by atoms with Crippen molar-refractivity contribution >= 4 is 11.6 Å². The van der Waals surface area contributed by atoms with E-state index in [1.165, 1.54) is 11.0 Å². The number of hydrogen-bond donors (Lipinski definition) is 2. The molecule has 110 valence electrons. The molecule has 0 aliphatic carbocycles. The van der Waals surface area contributed by atoms with E-state index in [1.54, 1.807) is 12.1 Å². The molecule has 1 aromatic carbocycles. The zero-order valence-electron chi connectivity index (χ0n) is 11.3. The maximum atomic E-state index is 12.1. The van der Waals surface area contributed by atoms with Gasteiger partial charge < -0.3 is 15.8 Å². The van der Waals surface area contributed by atoms with E-state index in [9.17, 15) is 4.79 Å². The second-order valence-electron chi connectivity index (χ2n) is 4.85. The molecule has 2 aromatic rings. The van der Waals surface area contributed by atoms with E-state index in [1.807, 2.05) is 12.1 Å². The van der Waals surface area contributed by atoms with E-state index in [0.29, 0.717) is 18.7 Å². The zero-order valence-corrected chi connectivity index (χ0v) is 11.3. The third-order valence-electron chi connectivity index (χ3n) is 3.41. The molecule has 8 heteroatoms. The number of anilines is 1. The summed E-state index contributed by atoms with van der Waals surface area (Å²) in [7, 11) is 0. The summed E-state index contributed by atoms with van der Waals surface area (Å²) in [6, 6.07) is 7.24. The van der Waals surface area contributed by atoms with Gasteiger partial charge >= 0.3 is 0 Å². The Morgan fingerprint density at radius 2 is 2.19 bits per heavy atom. The van der Waals surface area contributed by atoms with Gasteiger partial charge in [-0.05, 0) is 47.5 Å².